The number of methoxy groups -OCH3 is 2. The molecule has 0 amide bonds. The van der Waals surface area contributed by atoms with Crippen LogP contribution in [0.2, 0.25) is 0 Å². The van der Waals surface area contributed by atoms with Crippen molar-refractivity contribution >= 4 is 21.4 Å². The quantitative estimate of drug-likeness (QED) is 0.314. The predicted octanol–water partition coefficient (Wildman–Crippen LogP) is 5.96. The maximum absolute atomic E-state index is 6.03. The molecule has 3 aromatic carbocycles. The number of rotatable bonds is 8. The number of hydrogen-bond acceptors (Lipinski definition) is 6. The molecule has 176 valence electrons. The lowest BCUT2D eigenvalue weighted by atomic mass is 9.98. The number of morpholine rings is 1. The third-order valence-corrected chi connectivity index (χ3v) is 7.39. The van der Waals surface area contributed by atoms with E-state index in [2.05, 4.69) is 53.4 Å². The molecule has 0 spiro atoms. The van der Waals surface area contributed by atoms with Crippen molar-refractivity contribution in [2.75, 3.05) is 53.7 Å². The minimum Gasteiger partial charge on any atom is -0.497 e. The highest BCUT2D eigenvalue weighted by Crippen LogP contribution is 2.46. The van der Waals surface area contributed by atoms with Gasteiger partial charge in [-0.15, -0.1) is 11.3 Å². The molecule has 6 heteroatoms. The number of hydrogen-bond donors (Lipinski definition) is 0. The first kappa shape index (κ1) is 22.7. The number of ether oxygens (including phenoxy) is 4. The van der Waals surface area contributed by atoms with E-state index in [9.17, 15) is 0 Å². The van der Waals surface area contributed by atoms with Gasteiger partial charge in [0.05, 0.1) is 27.4 Å². The molecule has 1 aliphatic rings. The van der Waals surface area contributed by atoms with E-state index in [1.807, 2.05) is 18.2 Å². The van der Waals surface area contributed by atoms with E-state index in [4.69, 9.17) is 18.9 Å². The van der Waals surface area contributed by atoms with Gasteiger partial charge in [-0.1, -0.05) is 12.1 Å². The molecule has 1 aromatic heterocycles. The Labute approximate surface area is 204 Å². The lowest BCUT2D eigenvalue weighted by molar-refractivity contribution is 0.0322. The average Bonchev–Trinajstić information content (AvgIpc) is 3.28. The van der Waals surface area contributed by atoms with Gasteiger partial charge in [-0.25, -0.2) is 0 Å². The zero-order valence-corrected chi connectivity index (χ0v) is 20.4. The second-order valence-electron chi connectivity index (χ2n) is 8.22. The van der Waals surface area contributed by atoms with E-state index in [1.54, 1.807) is 25.6 Å². The summed E-state index contributed by atoms with van der Waals surface area (Å²) in [4.78, 5) is 3.61. The molecule has 5 rings (SSSR count). The summed E-state index contributed by atoms with van der Waals surface area (Å²) in [5.74, 6) is 2.60. The highest BCUT2D eigenvalue weighted by molar-refractivity contribution is 7.23. The van der Waals surface area contributed by atoms with Crippen LogP contribution >= 0.6 is 11.3 Å². The van der Waals surface area contributed by atoms with E-state index in [-0.39, 0.29) is 0 Å². The largest absolute Gasteiger partial charge is 0.497 e. The molecule has 1 saturated heterocycles. The molecule has 0 N–H and O–H groups in total. The van der Waals surface area contributed by atoms with Gasteiger partial charge in [0.25, 0.3) is 0 Å². The molecule has 34 heavy (non-hydrogen) atoms. The zero-order chi connectivity index (χ0) is 23.3. The molecule has 0 atom stereocenters. The van der Waals surface area contributed by atoms with Gasteiger partial charge in [-0.2, -0.15) is 0 Å². The number of thiophene rings is 1. The molecule has 0 saturated carbocycles. The normalized spacial score (nSPS) is 14.3. The van der Waals surface area contributed by atoms with Crippen LogP contribution in [-0.2, 0) is 4.74 Å². The monoisotopic (exact) mass is 475 g/mol. The van der Waals surface area contributed by atoms with Crippen molar-refractivity contribution < 1.29 is 18.9 Å². The fourth-order valence-corrected chi connectivity index (χ4v) is 5.48. The van der Waals surface area contributed by atoms with Crippen molar-refractivity contribution in [3.05, 3.63) is 66.7 Å². The molecule has 2 heterocycles. The third kappa shape index (κ3) is 4.89. The van der Waals surface area contributed by atoms with Gasteiger partial charge in [0.15, 0.2) is 0 Å². The maximum atomic E-state index is 6.03. The van der Waals surface area contributed by atoms with E-state index in [1.165, 1.54) is 26.1 Å². The minimum absolute atomic E-state index is 0.676. The molecular formula is C28H29NO4S. The van der Waals surface area contributed by atoms with Crippen molar-refractivity contribution in [2.24, 2.45) is 0 Å². The highest BCUT2D eigenvalue weighted by Gasteiger charge is 2.17. The number of benzene rings is 3. The smallest absolute Gasteiger partial charge is 0.119 e. The summed E-state index contributed by atoms with van der Waals surface area (Å²) in [7, 11) is 3.40. The molecule has 1 fully saturated rings. The van der Waals surface area contributed by atoms with E-state index >= 15 is 0 Å². The Kier molecular flexibility index (Phi) is 7.00. The Morgan fingerprint density at radius 1 is 0.794 bits per heavy atom. The van der Waals surface area contributed by atoms with Crippen LogP contribution in [0.25, 0.3) is 31.7 Å². The van der Waals surface area contributed by atoms with Crippen LogP contribution in [-0.4, -0.2) is 58.6 Å². The van der Waals surface area contributed by atoms with Crippen LogP contribution < -0.4 is 14.2 Å². The Balaban J connectivity index is 1.43. The van der Waals surface area contributed by atoms with E-state index in [0.29, 0.717) is 6.61 Å². The SMILES string of the molecule is COc1ccc(-c2sc3ccc(OC)cc3c2-c2ccc(OCCN3CCOCC3)cc2)cc1. The number of nitrogens with zero attached hydrogens (tertiary/aromatic N) is 1. The fourth-order valence-electron chi connectivity index (χ4n) is 4.27. The van der Waals surface area contributed by atoms with Crippen LogP contribution in [0.3, 0.4) is 0 Å². The molecular weight excluding hydrogens is 446 g/mol. The van der Waals surface area contributed by atoms with Gasteiger partial charge in [0.1, 0.15) is 23.9 Å². The van der Waals surface area contributed by atoms with Crippen molar-refractivity contribution in [1.82, 2.24) is 4.90 Å². The van der Waals surface area contributed by atoms with Crippen molar-refractivity contribution in [3.63, 3.8) is 0 Å². The first-order valence-corrected chi connectivity index (χ1v) is 12.3. The van der Waals surface area contributed by atoms with Gasteiger partial charge in [0, 0.05) is 40.2 Å². The van der Waals surface area contributed by atoms with Crippen LogP contribution in [0, 0.1) is 0 Å². The van der Waals surface area contributed by atoms with E-state index < -0.39 is 0 Å². The van der Waals surface area contributed by atoms with Crippen LogP contribution in [0.1, 0.15) is 0 Å². The number of fused-ring (bicyclic) bond motifs is 1. The zero-order valence-electron chi connectivity index (χ0n) is 19.6. The van der Waals surface area contributed by atoms with Crippen LogP contribution in [0.15, 0.2) is 66.7 Å². The van der Waals surface area contributed by atoms with Crippen LogP contribution in [0.5, 0.6) is 17.2 Å². The lowest BCUT2D eigenvalue weighted by Crippen LogP contribution is -2.38. The van der Waals surface area contributed by atoms with Gasteiger partial charge in [0.2, 0.25) is 0 Å². The molecule has 0 bridgehead atoms. The summed E-state index contributed by atoms with van der Waals surface area (Å²) in [6, 6.07) is 23.0. The Bertz CT molecular complexity index is 1230. The Hall–Kier alpha value is -3.06. The van der Waals surface area contributed by atoms with Gasteiger partial charge < -0.3 is 18.9 Å². The summed E-state index contributed by atoms with van der Waals surface area (Å²) < 4.78 is 23.6. The minimum atomic E-state index is 0.676. The van der Waals surface area contributed by atoms with Crippen LogP contribution in [0.4, 0.5) is 0 Å². The van der Waals surface area contributed by atoms with Gasteiger partial charge in [-0.05, 0) is 65.7 Å². The second-order valence-corrected chi connectivity index (χ2v) is 9.28. The molecule has 5 nitrogen and oxygen atoms in total. The fraction of sp³-hybridized carbons (Fsp3) is 0.286. The third-order valence-electron chi connectivity index (χ3n) is 6.17. The summed E-state index contributed by atoms with van der Waals surface area (Å²) in [6.45, 7) is 5.17. The second kappa shape index (κ2) is 10.5. The topological polar surface area (TPSA) is 40.2 Å². The van der Waals surface area contributed by atoms with Crippen molar-refractivity contribution in [2.45, 2.75) is 0 Å². The first-order valence-electron chi connectivity index (χ1n) is 11.5. The first-order chi connectivity index (χ1) is 16.7. The lowest BCUT2D eigenvalue weighted by Gasteiger charge is -2.26. The molecule has 0 unspecified atom stereocenters. The van der Waals surface area contributed by atoms with E-state index in [0.717, 1.165) is 55.7 Å². The molecule has 0 aliphatic carbocycles. The Morgan fingerprint density at radius 3 is 2.15 bits per heavy atom. The van der Waals surface area contributed by atoms with Gasteiger partial charge >= 0.3 is 0 Å². The summed E-state index contributed by atoms with van der Waals surface area (Å²) in [6.07, 6.45) is 0. The molecule has 1 aliphatic heterocycles. The maximum Gasteiger partial charge on any atom is 0.119 e. The summed E-state index contributed by atoms with van der Waals surface area (Å²) in [5.41, 5.74) is 3.54. The average molecular weight is 476 g/mol. The molecule has 4 aromatic rings. The van der Waals surface area contributed by atoms with Gasteiger partial charge in [-0.3, -0.25) is 4.90 Å². The highest BCUT2D eigenvalue weighted by atomic mass is 32.1. The summed E-state index contributed by atoms with van der Waals surface area (Å²) >= 11 is 1.80. The summed E-state index contributed by atoms with van der Waals surface area (Å²) in [5, 5.41) is 1.19. The Morgan fingerprint density at radius 2 is 1.44 bits per heavy atom. The molecule has 0 radical (unpaired) electrons. The van der Waals surface area contributed by atoms with Crippen molar-refractivity contribution in [1.29, 1.82) is 0 Å². The van der Waals surface area contributed by atoms with Crippen molar-refractivity contribution in [3.8, 4) is 38.8 Å². The standard InChI is InChI=1S/C28H29NO4S/c1-30-22-7-5-21(6-8-22)28-27(25-19-24(31-2)11-12-26(25)34-28)20-3-9-23(10-4-20)33-18-15-29-13-16-32-17-14-29/h3-12,19H,13-18H2,1-2H3. The predicted molar refractivity (Wildman–Crippen MR) is 139 cm³/mol.